The van der Waals surface area contributed by atoms with Crippen molar-refractivity contribution in [3.8, 4) is 0 Å². The van der Waals surface area contributed by atoms with E-state index in [0.717, 1.165) is 18.8 Å². The standard InChI is InChI=1S/C16H28N2O2/c1-13(2)9-17-10-14-5-7-15(8-6-14)18(3)11-16(19)12-20-4/h5-8,13,16-17,19H,9-12H2,1-4H3. The van der Waals surface area contributed by atoms with Gasteiger partial charge in [-0.3, -0.25) is 0 Å². The minimum absolute atomic E-state index is 0.363. The second-order valence-corrected chi connectivity index (χ2v) is 5.68. The van der Waals surface area contributed by atoms with E-state index in [1.807, 2.05) is 11.9 Å². The second-order valence-electron chi connectivity index (χ2n) is 5.68. The minimum atomic E-state index is -0.461. The predicted molar refractivity (Wildman–Crippen MR) is 84.1 cm³/mol. The zero-order chi connectivity index (χ0) is 15.0. The third-order valence-corrected chi connectivity index (χ3v) is 3.10. The van der Waals surface area contributed by atoms with Gasteiger partial charge < -0.3 is 20.1 Å². The van der Waals surface area contributed by atoms with Crippen LogP contribution in [0.15, 0.2) is 24.3 Å². The van der Waals surface area contributed by atoms with Crippen molar-refractivity contribution >= 4 is 5.69 Å². The van der Waals surface area contributed by atoms with Crippen LogP contribution < -0.4 is 10.2 Å². The molecule has 114 valence electrons. The number of methoxy groups -OCH3 is 1. The Balaban J connectivity index is 2.44. The lowest BCUT2D eigenvalue weighted by Gasteiger charge is -2.22. The zero-order valence-electron chi connectivity index (χ0n) is 13.1. The molecule has 0 aliphatic heterocycles. The number of anilines is 1. The second kappa shape index (κ2) is 8.95. The van der Waals surface area contributed by atoms with E-state index in [1.54, 1.807) is 7.11 Å². The average molecular weight is 280 g/mol. The van der Waals surface area contributed by atoms with E-state index >= 15 is 0 Å². The van der Waals surface area contributed by atoms with Gasteiger partial charge in [-0.2, -0.15) is 0 Å². The molecule has 2 N–H and O–H groups in total. The van der Waals surface area contributed by atoms with E-state index in [-0.39, 0.29) is 0 Å². The Morgan fingerprint density at radius 1 is 1.25 bits per heavy atom. The molecule has 0 spiro atoms. The molecule has 1 aromatic carbocycles. The molecular weight excluding hydrogens is 252 g/mol. The number of nitrogens with one attached hydrogen (secondary N) is 1. The summed E-state index contributed by atoms with van der Waals surface area (Å²) in [6.07, 6.45) is -0.461. The van der Waals surface area contributed by atoms with Gasteiger partial charge in [-0.25, -0.2) is 0 Å². The molecule has 0 heterocycles. The number of likely N-dealkylation sites (N-methyl/N-ethyl adjacent to an activating group) is 1. The number of hydrogen-bond donors (Lipinski definition) is 2. The molecular formula is C16H28N2O2. The molecule has 4 heteroatoms. The van der Waals surface area contributed by atoms with Crippen LogP contribution >= 0.6 is 0 Å². The smallest absolute Gasteiger partial charge is 0.0947 e. The quantitative estimate of drug-likeness (QED) is 0.725. The number of aliphatic hydroxyl groups excluding tert-OH is 1. The molecule has 0 amide bonds. The Morgan fingerprint density at radius 2 is 1.90 bits per heavy atom. The van der Waals surface area contributed by atoms with Crippen LogP contribution in [0.25, 0.3) is 0 Å². The maximum Gasteiger partial charge on any atom is 0.0947 e. The van der Waals surface area contributed by atoms with Crippen molar-refractivity contribution in [3.63, 3.8) is 0 Å². The lowest BCUT2D eigenvalue weighted by molar-refractivity contribution is 0.0695. The first-order valence-electron chi connectivity index (χ1n) is 7.20. The zero-order valence-corrected chi connectivity index (χ0v) is 13.1. The number of rotatable bonds is 9. The van der Waals surface area contributed by atoms with Crippen molar-refractivity contribution in [2.75, 3.05) is 38.8 Å². The summed E-state index contributed by atoms with van der Waals surface area (Å²) in [5.74, 6) is 0.669. The predicted octanol–water partition coefficient (Wildman–Crippen LogP) is 1.88. The van der Waals surface area contributed by atoms with E-state index in [4.69, 9.17) is 4.74 Å². The van der Waals surface area contributed by atoms with Crippen molar-refractivity contribution in [1.82, 2.24) is 5.32 Å². The Hall–Kier alpha value is -1.10. The normalized spacial score (nSPS) is 12.7. The van der Waals surface area contributed by atoms with Gasteiger partial charge in [-0.15, -0.1) is 0 Å². The Labute approximate surface area is 122 Å². The summed E-state index contributed by atoms with van der Waals surface area (Å²) in [5.41, 5.74) is 2.38. The molecule has 0 saturated carbocycles. The number of nitrogens with zero attached hydrogens (tertiary/aromatic N) is 1. The molecule has 0 aromatic heterocycles. The fourth-order valence-corrected chi connectivity index (χ4v) is 2.04. The molecule has 0 radical (unpaired) electrons. The van der Waals surface area contributed by atoms with Gasteiger partial charge in [-0.1, -0.05) is 26.0 Å². The number of aliphatic hydroxyl groups is 1. The maximum atomic E-state index is 9.73. The van der Waals surface area contributed by atoms with Crippen molar-refractivity contribution in [2.45, 2.75) is 26.5 Å². The summed E-state index contributed by atoms with van der Waals surface area (Å²) in [7, 11) is 3.58. The fourth-order valence-electron chi connectivity index (χ4n) is 2.04. The molecule has 20 heavy (non-hydrogen) atoms. The average Bonchev–Trinajstić information content (AvgIpc) is 2.39. The SMILES string of the molecule is COCC(O)CN(C)c1ccc(CNCC(C)C)cc1. The van der Waals surface area contributed by atoms with Gasteiger partial charge in [0.1, 0.15) is 0 Å². The van der Waals surface area contributed by atoms with Crippen LogP contribution in [0.2, 0.25) is 0 Å². The highest BCUT2D eigenvalue weighted by atomic mass is 16.5. The highest BCUT2D eigenvalue weighted by Gasteiger charge is 2.08. The van der Waals surface area contributed by atoms with Crippen LogP contribution in [0.5, 0.6) is 0 Å². The van der Waals surface area contributed by atoms with Gasteiger partial charge in [-0.05, 0) is 30.2 Å². The van der Waals surface area contributed by atoms with E-state index < -0.39 is 6.10 Å². The third-order valence-electron chi connectivity index (χ3n) is 3.10. The molecule has 0 bridgehead atoms. The molecule has 0 aliphatic rings. The molecule has 1 rings (SSSR count). The van der Waals surface area contributed by atoms with Crippen molar-refractivity contribution < 1.29 is 9.84 Å². The van der Waals surface area contributed by atoms with E-state index in [9.17, 15) is 5.11 Å². The summed E-state index contributed by atoms with van der Waals surface area (Å²) < 4.78 is 4.94. The maximum absolute atomic E-state index is 9.73. The number of hydrogen-bond acceptors (Lipinski definition) is 4. The Bertz CT molecular complexity index is 365. The minimum Gasteiger partial charge on any atom is -0.389 e. The monoisotopic (exact) mass is 280 g/mol. The molecule has 0 aliphatic carbocycles. The van der Waals surface area contributed by atoms with Crippen LogP contribution in [-0.2, 0) is 11.3 Å². The molecule has 1 atom stereocenters. The molecule has 0 saturated heterocycles. The van der Waals surface area contributed by atoms with Crippen molar-refractivity contribution in [2.24, 2.45) is 5.92 Å². The summed E-state index contributed by atoms with van der Waals surface area (Å²) >= 11 is 0. The lowest BCUT2D eigenvalue weighted by Crippen LogP contribution is -2.31. The van der Waals surface area contributed by atoms with Crippen molar-refractivity contribution in [1.29, 1.82) is 0 Å². The van der Waals surface area contributed by atoms with Crippen LogP contribution in [-0.4, -0.2) is 45.1 Å². The van der Waals surface area contributed by atoms with Crippen LogP contribution in [0.4, 0.5) is 5.69 Å². The summed E-state index contributed by atoms with van der Waals surface area (Å²) in [4.78, 5) is 2.04. The van der Waals surface area contributed by atoms with E-state index in [1.165, 1.54) is 5.56 Å². The molecule has 4 nitrogen and oxygen atoms in total. The van der Waals surface area contributed by atoms with Crippen LogP contribution in [0.3, 0.4) is 0 Å². The number of benzene rings is 1. The largest absolute Gasteiger partial charge is 0.389 e. The number of ether oxygens (including phenoxy) is 1. The van der Waals surface area contributed by atoms with Gasteiger partial charge in [0, 0.05) is 32.9 Å². The van der Waals surface area contributed by atoms with E-state index in [0.29, 0.717) is 19.1 Å². The van der Waals surface area contributed by atoms with E-state index in [2.05, 4.69) is 43.4 Å². The molecule has 1 unspecified atom stereocenters. The first-order valence-corrected chi connectivity index (χ1v) is 7.20. The highest BCUT2D eigenvalue weighted by molar-refractivity contribution is 5.46. The van der Waals surface area contributed by atoms with Gasteiger partial charge in [0.25, 0.3) is 0 Å². The summed E-state index contributed by atoms with van der Waals surface area (Å²) in [6.45, 7) is 7.27. The Morgan fingerprint density at radius 3 is 2.45 bits per heavy atom. The van der Waals surface area contributed by atoms with Gasteiger partial charge >= 0.3 is 0 Å². The van der Waals surface area contributed by atoms with Crippen LogP contribution in [0.1, 0.15) is 19.4 Å². The molecule has 1 aromatic rings. The first kappa shape index (κ1) is 17.0. The van der Waals surface area contributed by atoms with Gasteiger partial charge in [0.15, 0.2) is 0 Å². The van der Waals surface area contributed by atoms with Crippen molar-refractivity contribution in [3.05, 3.63) is 29.8 Å². The third kappa shape index (κ3) is 6.37. The topological polar surface area (TPSA) is 44.7 Å². The van der Waals surface area contributed by atoms with Crippen LogP contribution in [0, 0.1) is 5.92 Å². The highest BCUT2D eigenvalue weighted by Crippen LogP contribution is 2.14. The fraction of sp³-hybridized carbons (Fsp3) is 0.625. The lowest BCUT2D eigenvalue weighted by atomic mass is 10.1. The first-order chi connectivity index (χ1) is 9.52. The summed E-state index contributed by atoms with van der Waals surface area (Å²) in [5, 5.41) is 13.2. The summed E-state index contributed by atoms with van der Waals surface area (Å²) in [6, 6.07) is 8.43. The molecule has 0 fully saturated rings. The van der Waals surface area contributed by atoms with Gasteiger partial charge in [0.2, 0.25) is 0 Å². The van der Waals surface area contributed by atoms with Gasteiger partial charge in [0.05, 0.1) is 12.7 Å². The Kier molecular flexibility index (Phi) is 7.59.